The molecular weight excluding hydrogens is 138 g/mol. The Bertz CT molecular complexity index is 156. The van der Waals surface area contributed by atoms with E-state index in [0.29, 0.717) is 11.8 Å². The van der Waals surface area contributed by atoms with Crippen LogP contribution in [0.3, 0.4) is 0 Å². The average Bonchev–Trinajstić information content (AvgIpc) is 1.97. The number of ketones is 1. The summed E-state index contributed by atoms with van der Waals surface area (Å²) < 4.78 is 0. The minimum atomic E-state index is 0.256. The average molecular weight is 155 g/mol. The summed E-state index contributed by atoms with van der Waals surface area (Å²) in [4.78, 5) is 13.6. The number of Topliss-reactive ketones (excluding diaryl/α,β-unsaturated/α-hetero) is 1. The molecule has 1 heterocycles. The zero-order valence-electron chi connectivity index (χ0n) is 7.63. The van der Waals surface area contributed by atoms with Gasteiger partial charge in [0.05, 0.1) is 0 Å². The van der Waals surface area contributed by atoms with Crippen LogP contribution < -0.4 is 0 Å². The quantitative estimate of drug-likeness (QED) is 0.569. The maximum atomic E-state index is 11.2. The fourth-order valence-electron chi connectivity index (χ4n) is 1.70. The molecule has 2 atom stereocenters. The predicted octanol–water partition coefficient (Wildman–Crippen LogP) is 1.31. The molecule has 1 saturated heterocycles. The molecule has 0 aromatic heterocycles. The number of likely N-dealkylation sites (tertiary alicyclic amines) is 1. The molecule has 2 heteroatoms. The summed E-state index contributed by atoms with van der Waals surface area (Å²) in [7, 11) is 0. The van der Waals surface area contributed by atoms with Gasteiger partial charge in [-0.1, -0.05) is 13.8 Å². The van der Waals surface area contributed by atoms with E-state index in [0.717, 1.165) is 19.5 Å². The molecule has 64 valence electrons. The first-order valence-electron chi connectivity index (χ1n) is 4.42. The standard InChI is InChI=1S/C9H17NO/c1-4-10-6-7(2)9(11)5-8(10)3/h7-8H,4-6H2,1-3H3/t7-,8-/m1/s1. The topological polar surface area (TPSA) is 20.3 Å². The number of carbonyl (C=O) groups is 1. The first-order chi connectivity index (χ1) is 5.15. The zero-order valence-corrected chi connectivity index (χ0v) is 7.63. The molecular formula is C9H17NO. The number of rotatable bonds is 1. The molecule has 2 nitrogen and oxygen atoms in total. The summed E-state index contributed by atoms with van der Waals surface area (Å²) in [6.45, 7) is 8.33. The van der Waals surface area contributed by atoms with E-state index in [1.165, 1.54) is 0 Å². The zero-order chi connectivity index (χ0) is 8.43. The fraction of sp³-hybridized carbons (Fsp3) is 0.889. The van der Waals surface area contributed by atoms with Crippen molar-refractivity contribution in [2.45, 2.75) is 33.2 Å². The minimum Gasteiger partial charge on any atom is -0.300 e. The van der Waals surface area contributed by atoms with Crippen molar-refractivity contribution in [1.29, 1.82) is 0 Å². The lowest BCUT2D eigenvalue weighted by Crippen LogP contribution is -2.45. The number of hydrogen-bond donors (Lipinski definition) is 0. The Morgan fingerprint density at radius 2 is 2.18 bits per heavy atom. The van der Waals surface area contributed by atoms with E-state index >= 15 is 0 Å². The molecule has 0 aromatic carbocycles. The summed E-state index contributed by atoms with van der Waals surface area (Å²) in [6.07, 6.45) is 0.745. The Hall–Kier alpha value is -0.370. The van der Waals surface area contributed by atoms with Gasteiger partial charge in [-0.2, -0.15) is 0 Å². The highest BCUT2D eigenvalue weighted by Gasteiger charge is 2.27. The molecule has 0 saturated carbocycles. The summed E-state index contributed by atoms with van der Waals surface area (Å²) >= 11 is 0. The van der Waals surface area contributed by atoms with Crippen LogP contribution in [0.5, 0.6) is 0 Å². The van der Waals surface area contributed by atoms with E-state index in [1.54, 1.807) is 0 Å². The van der Waals surface area contributed by atoms with Crippen LogP contribution in [0.2, 0.25) is 0 Å². The number of nitrogens with zero attached hydrogens (tertiary/aromatic N) is 1. The molecule has 1 aliphatic rings. The fourth-order valence-corrected chi connectivity index (χ4v) is 1.70. The van der Waals surface area contributed by atoms with Crippen molar-refractivity contribution in [2.75, 3.05) is 13.1 Å². The highest BCUT2D eigenvalue weighted by molar-refractivity contribution is 5.82. The lowest BCUT2D eigenvalue weighted by Gasteiger charge is -2.34. The summed E-state index contributed by atoms with van der Waals surface area (Å²) in [5.41, 5.74) is 0. The van der Waals surface area contributed by atoms with Gasteiger partial charge in [-0.15, -0.1) is 0 Å². The van der Waals surface area contributed by atoms with Gasteiger partial charge in [0, 0.05) is 24.9 Å². The number of carbonyl (C=O) groups excluding carboxylic acids is 1. The smallest absolute Gasteiger partial charge is 0.138 e. The summed E-state index contributed by atoms with van der Waals surface area (Å²) in [5.74, 6) is 0.688. The largest absolute Gasteiger partial charge is 0.300 e. The van der Waals surface area contributed by atoms with Crippen LogP contribution in [0, 0.1) is 5.92 Å². The van der Waals surface area contributed by atoms with Crippen LogP contribution in [-0.4, -0.2) is 29.8 Å². The van der Waals surface area contributed by atoms with E-state index in [1.807, 2.05) is 6.92 Å². The molecule has 0 N–H and O–H groups in total. The van der Waals surface area contributed by atoms with Crippen molar-refractivity contribution in [3.05, 3.63) is 0 Å². The molecule has 1 rings (SSSR count). The normalized spacial score (nSPS) is 34.3. The van der Waals surface area contributed by atoms with Crippen LogP contribution >= 0.6 is 0 Å². The van der Waals surface area contributed by atoms with E-state index in [4.69, 9.17) is 0 Å². The van der Waals surface area contributed by atoms with Gasteiger partial charge in [-0.25, -0.2) is 0 Å². The summed E-state index contributed by atoms with van der Waals surface area (Å²) in [6, 6.07) is 0.462. The maximum Gasteiger partial charge on any atom is 0.138 e. The summed E-state index contributed by atoms with van der Waals surface area (Å²) in [5, 5.41) is 0. The van der Waals surface area contributed by atoms with Gasteiger partial charge in [0.15, 0.2) is 0 Å². The lowest BCUT2D eigenvalue weighted by atomic mass is 9.94. The maximum absolute atomic E-state index is 11.2. The van der Waals surface area contributed by atoms with E-state index in [2.05, 4.69) is 18.7 Å². The van der Waals surface area contributed by atoms with Crippen molar-refractivity contribution in [2.24, 2.45) is 5.92 Å². The Morgan fingerprint density at radius 3 is 2.73 bits per heavy atom. The molecule has 0 aliphatic carbocycles. The molecule has 0 unspecified atom stereocenters. The van der Waals surface area contributed by atoms with Crippen LogP contribution in [0.4, 0.5) is 0 Å². The third-order valence-corrected chi connectivity index (χ3v) is 2.58. The van der Waals surface area contributed by atoms with E-state index in [9.17, 15) is 4.79 Å². The lowest BCUT2D eigenvalue weighted by molar-refractivity contribution is -0.127. The van der Waals surface area contributed by atoms with E-state index in [-0.39, 0.29) is 5.92 Å². The molecule has 11 heavy (non-hydrogen) atoms. The SMILES string of the molecule is CCN1C[C@@H](C)C(=O)C[C@H]1C. The van der Waals surface area contributed by atoms with Crippen molar-refractivity contribution in [3.63, 3.8) is 0 Å². The van der Waals surface area contributed by atoms with Crippen molar-refractivity contribution in [3.8, 4) is 0 Å². The molecule has 0 bridgehead atoms. The molecule has 0 spiro atoms. The first-order valence-corrected chi connectivity index (χ1v) is 4.42. The van der Waals surface area contributed by atoms with Gasteiger partial charge in [-0.3, -0.25) is 9.69 Å². The molecule has 1 fully saturated rings. The predicted molar refractivity (Wildman–Crippen MR) is 45.5 cm³/mol. The van der Waals surface area contributed by atoms with Crippen LogP contribution in [0.1, 0.15) is 27.2 Å². The van der Waals surface area contributed by atoms with Gasteiger partial charge < -0.3 is 0 Å². The second-order valence-corrected chi connectivity index (χ2v) is 3.51. The number of hydrogen-bond acceptors (Lipinski definition) is 2. The Morgan fingerprint density at radius 1 is 1.55 bits per heavy atom. The van der Waals surface area contributed by atoms with Gasteiger partial charge in [-0.05, 0) is 13.5 Å². The van der Waals surface area contributed by atoms with Gasteiger partial charge in [0.1, 0.15) is 5.78 Å². The first kappa shape index (κ1) is 8.72. The van der Waals surface area contributed by atoms with Gasteiger partial charge in [0.2, 0.25) is 0 Å². The Balaban J connectivity index is 2.54. The molecule has 1 aliphatic heterocycles. The van der Waals surface area contributed by atoms with E-state index < -0.39 is 0 Å². The Kier molecular flexibility index (Phi) is 2.66. The van der Waals surface area contributed by atoms with Crippen LogP contribution in [0.25, 0.3) is 0 Å². The molecule has 0 aromatic rings. The minimum absolute atomic E-state index is 0.256. The highest BCUT2D eigenvalue weighted by atomic mass is 16.1. The third kappa shape index (κ3) is 1.80. The van der Waals surface area contributed by atoms with Crippen molar-refractivity contribution in [1.82, 2.24) is 4.90 Å². The molecule has 0 amide bonds. The van der Waals surface area contributed by atoms with Crippen molar-refractivity contribution < 1.29 is 4.79 Å². The van der Waals surface area contributed by atoms with Gasteiger partial charge in [0.25, 0.3) is 0 Å². The second-order valence-electron chi connectivity index (χ2n) is 3.51. The molecule has 0 radical (unpaired) electrons. The monoisotopic (exact) mass is 155 g/mol. The highest BCUT2D eigenvalue weighted by Crippen LogP contribution is 2.17. The van der Waals surface area contributed by atoms with Crippen molar-refractivity contribution >= 4 is 5.78 Å². The second kappa shape index (κ2) is 3.35. The Labute approximate surface area is 68.6 Å². The third-order valence-electron chi connectivity index (χ3n) is 2.58. The van der Waals surface area contributed by atoms with Crippen LogP contribution in [-0.2, 0) is 4.79 Å². The van der Waals surface area contributed by atoms with Gasteiger partial charge >= 0.3 is 0 Å². The van der Waals surface area contributed by atoms with Crippen LogP contribution in [0.15, 0.2) is 0 Å². The number of piperidine rings is 1.